The van der Waals surface area contributed by atoms with Gasteiger partial charge >= 0.3 is 37.7 Å². The van der Waals surface area contributed by atoms with E-state index < -0.39 is 0 Å². The topological polar surface area (TPSA) is 28.5 Å². The number of hydrogen-bond donors (Lipinski definition) is 0. The van der Waals surface area contributed by atoms with Crippen LogP contribution in [0, 0.1) is 0 Å². The molecule has 5 heavy (non-hydrogen) atoms. The Labute approximate surface area is 63.1 Å². The minimum absolute atomic E-state index is 0. The fourth-order valence-corrected chi connectivity index (χ4v) is 0. The third-order valence-corrected chi connectivity index (χ3v) is 0. The maximum atomic E-state index is 2.12. The average molecular weight is 100 g/mol. The molecule has 0 aromatic heterocycles. The minimum Gasteiger partial charge on any atom is -2.00 e. The normalized spacial score (nSPS) is 3.60. The van der Waals surface area contributed by atoms with Gasteiger partial charge in [-0.15, -0.1) is 0 Å². The van der Waals surface area contributed by atoms with E-state index in [1.54, 1.807) is 0 Å². The maximum Gasteiger partial charge on any atom is 2.00 e. The molecule has 28 valence electrons. The van der Waals surface area contributed by atoms with Crippen molar-refractivity contribution in [2.24, 2.45) is 0 Å². The summed E-state index contributed by atoms with van der Waals surface area (Å²) in [4.78, 5) is 0. The van der Waals surface area contributed by atoms with Crippen molar-refractivity contribution in [3.05, 3.63) is 0 Å². The van der Waals surface area contributed by atoms with Crippen LogP contribution in [0.3, 0.4) is 0 Å². The molecule has 0 radical (unpaired) electrons. The summed E-state index contributed by atoms with van der Waals surface area (Å²) in [5, 5.41) is 0. The van der Waals surface area contributed by atoms with E-state index in [2.05, 4.69) is 13.8 Å². The van der Waals surface area contributed by atoms with Crippen molar-refractivity contribution in [3.8, 4) is 0 Å². The SMILES string of the molecule is CCC.[Ca+2].[O-2]. The Morgan fingerprint density at radius 1 is 1.20 bits per heavy atom. The molecule has 0 aromatic rings. The molecule has 2 heteroatoms. The molecule has 0 bridgehead atoms. The molecule has 0 heterocycles. The Hall–Kier alpha value is 1.22. The molecule has 0 spiro atoms. The smallest absolute Gasteiger partial charge is 2.00 e. The predicted molar refractivity (Wildman–Crippen MR) is 22.4 cm³/mol. The summed E-state index contributed by atoms with van der Waals surface area (Å²) < 4.78 is 0. The Bertz CT molecular complexity index is 6.85. The fourth-order valence-electron chi connectivity index (χ4n) is 0. The summed E-state index contributed by atoms with van der Waals surface area (Å²) in [6.07, 6.45) is 1.25. The maximum absolute atomic E-state index is 2.12. The van der Waals surface area contributed by atoms with Crippen molar-refractivity contribution in [2.75, 3.05) is 0 Å². The minimum atomic E-state index is 0. The molecule has 0 aromatic carbocycles. The van der Waals surface area contributed by atoms with Gasteiger partial charge in [0.05, 0.1) is 0 Å². The molecular formula is C3H8CaO. The summed E-state index contributed by atoms with van der Waals surface area (Å²) in [5.41, 5.74) is 0. The summed E-state index contributed by atoms with van der Waals surface area (Å²) in [6.45, 7) is 4.25. The van der Waals surface area contributed by atoms with Gasteiger partial charge in [-0.2, -0.15) is 0 Å². The van der Waals surface area contributed by atoms with Crippen LogP contribution in [0.5, 0.6) is 0 Å². The Morgan fingerprint density at radius 2 is 1.20 bits per heavy atom. The van der Waals surface area contributed by atoms with Gasteiger partial charge in [0.25, 0.3) is 0 Å². The fraction of sp³-hybridized carbons (Fsp3) is 1.00. The standard InChI is InChI=1S/C3H8.Ca.O/c1-3-2;;/h3H2,1-2H3;;/q;+2;-2. The molecule has 0 aliphatic heterocycles. The van der Waals surface area contributed by atoms with Crippen LogP contribution in [0.2, 0.25) is 0 Å². The third kappa shape index (κ3) is 36.4. The zero-order valence-corrected chi connectivity index (χ0v) is 6.03. The molecule has 1 nitrogen and oxygen atoms in total. The first-order chi connectivity index (χ1) is 1.41. The van der Waals surface area contributed by atoms with Crippen LogP contribution in [0.25, 0.3) is 0 Å². The van der Waals surface area contributed by atoms with Crippen LogP contribution < -0.4 is 0 Å². The Kier molecular flexibility index (Phi) is 61.7. The molecule has 0 atom stereocenters. The summed E-state index contributed by atoms with van der Waals surface area (Å²) in [6, 6.07) is 0. The molecule has 0 aliphatic rings. The van der Waals surface area contributed by atoms with Gasteiger partial charge in [-0.05, 0) is 0 Å². The van der Waals surface area contributed by atoms with Gasteiger partial charge < -0.3 is 5.48 Å². The van der Waals surface area contributed by atoms with Crippen LogP contribution in [0.15, 0.2) is 0 Å². The largest absolute Gasteiger partial charge is 2.00 e. The van der Waals surface area contributed by atoms with E-state index in [9.17, 15) is 0 Å². The van der Waals surface area contributed by atoms with E-state index in [4.69, 9.17) is 0 Å². The molecule has 0 amide bonds. The van der Waals surface area contributed by atoms with Crippen LogP contribution in [0.1, 0.15) is 20.3 Å². The van der Waals surface area contributed by atoms with Gasteiger partial charge in [0.1, 0.15) is 0 Å². The number of hydrogen-bond acceptors (Lipinski definition) is 0. The second-order valence-electron chi connectivity index (χ2n) is 0.707. The zero-order valence-electron chi connectivity index (χ0n) is 3.82. The van der Waals surface area contributed by atoms with Crippen LogP contribution in [-0.4, -0.2) is 37.7 Å². The van der Waals surface area contributed by atoms with E-state index in [0.29, 0.717) is 0 Å². The summed E-state index contributed by atoms with van der Waals surface area (Å²) in [7, 11) is 0. The van der Waals surface area contributed by atoms with Gasteiger partial charge in [-0.1, -0.05) is 20.3 Å². The summed E-state index contributed by atoms with van der Waals surface area (Å²) >= 11 is 0. The van der Waals surface area contributed by atoms with E-state index >= 15 is 0 Å². The molecule has 0 saturated carbocycles. The molecule has 0 unspecified atom stereocenters. The van der Waals surface area contributed by atoms with Gasteiger partial charge in [0.15, 0.2) is 0 Å². The molecular weight excluding hydrogens is 92.1 g/mol. The first kappa shape index (κ1) is 16.3. The van der Waals surface area contributed by atoms with Gasteiger partial charge in [0, 0.05) is 0 Å². The van der Waals surface area contributed by atoms with Gasteiger partial charge in [-0.3, -0.25) is 0 Å². The molecule has 0 rings (SSSR count). The van der Waals surface area contributed by atoms with Crippen molar-refractivity contribution >= 4 is 37.7 Å². The molecule has 0 N–H and O–H groups in total. The van der Waals surface area contributed by atoms with E-state index in [1.807, 2.05) is 0 Å². The quantitative estimate of drug-likeness (QED) is 0.405. The van der Waals surface area contributed by atoms with E-state index in [0.717, 1.165) is 0 Å². The van der Waals surface area contributed by atoms with Crippen molar-refractivity contribution in [1.29, 1.82) is 0 Å². The third-order valence-electron chi connectivity index (χ3n) is 0. The van der Waals surface area contributed by atoms with E-state index in [-0.39, 0.29) is 43.2 Å². The van der Waals surface area contributed by atoms with Crippen molar-refractivity contribution in [3.63, 3.8) is 0 Å². The zero-order chi connectivity index (χ0) is 2.71. The molecule has 0 fully saturated rings. The summed E-state index contributed by atoms with van der Waals surface area (Å²) in [5.74, 6) is 0. The van der Waals surface area contributed by atoms with Gasteiger partial charge in [-0.25, -0.2) is 0 Å². The van der Waals surface area contributed by atoms with E-state index in [1.165, 1.54) is 6.42 Å². The van der Waals surface area contributed by atoms with Crippen LogP contribution >= 0.6 is 0 Å². The predicted octanol–water partition coefficient (Wildman–Crippen LogP) is 0.917. The van der Waals surface area contributed by atoms with Crippen LogP contribution in [0.4, 0.5) is 0 Å². The van der Waals surface area contributed by atoms with Crippen molar-refractivity contribution < 1.29 is 5.48 Å². The average Bonchev–Trinajstić information content (AvgIpc) is 0.918. The monoisotopic (exact) mass is 100 g/mol. The first-order valence-corrected chi connectivity index (χ1v) is 1.41. The van der Waals surface area contributed by atoms with Crippen LogP contribution in [-0.2, 0) is 5.48 Å². The van der Waals surface area contributed by atoms with Crippen molar-refractivity contribution in [2.45, 2.75) is 20.3 Å². The van der Waals surface area contributed by atoms with Crippen molar-refractivity contribution in [1.82, 2.24) is 0 Å². The van der Waals surface area contributed by atoms with Gasteiger partial charge in [0.2, 0.25) is 0 Å². The first-order valence-electron chi connectivity index (χ1n) is 1.41. The Balaban J connectivity index is -0.0000000200. The second kappa shape index (κ2) is 18.9. The Morgan fingerprint density at radius 3 is 1.20 bits per heavy atom. The molecule has 0 saturated heterocycles. The molecule has 0 aliphatic carbocycles. The number of rotatable bonds is 0. The second-order valence-corrected chi connectivity index (χ2v) is 0.707.